The van der Waals surface area contributed by atoms with Crippen molar-refractivity contribution in [2.24, 2.45) is 0 Å². The smallest absolute Gasteiger partial charge is 0.227 e. The number of carbonyl (C=O) groups excluding carboxylic acids is 1. The first kappa shape index (κ1) is 15.7. The van der Waals surface area contributed by atoms with Crippen LogP contribution in [-0.2, 0) is 21.1 Å². The average Bonchev–Trinajstić information content (AvgIpc) is 2.98. The van der Waals surface area contributed by atoms with Crippen LogP contribution in [0, 0.1) is 13.8 Å². The maximum atomic E-state index is 12.6. The van der Waals surface area contributed by atoms with Gasteiger partial charge in [0.1, 0.15) is 0 Å². The quantitative estimate of drug-likeness (QED) is 0.924. The van der Waals surface area contributed by atoms with Crippen LogP contribution >= 0.6 is 0 Å². The van der Waals surface area contributed by atoms with E-state index in [0.29, 0.717) is 10.5 Å². The van der Waals surface area contributed by atoms with Crippen LogP contribution in [0.2, 0.25) is 0 Å². The Morgan fingerprint density at radius 1 is 1.35 bits per heavy atom. The zero-order chi connectivity index (χ0) is 16.8. The lowest BCUT2D eigenvalue weighted by atomic mass is 10.1. The van der Waals surface area contributed by atoms with Gasteiger partial charge >= 0.3 is 0 Å². The van der Waals surface area contributed by atoms with Gasteiger partial charge < -0.3 is 4.90 Å². The van der Waals surface area contributed by atoms with E-state index in [9.17, 15) is 13.2 Å². The number of carbonyl (C=O) groups is 1. The number of amides is 1. The first-order chi connectivity index (χ1) is 10.8. The molecule has 3 rings (SSSR count). The number of benzene rings is 1. The van der Waals surface area contributed by atoms with E-state index >= 15 is 0 Å². The monoisotopic (exact) mass is 333 g/mol. The molecular weight excluding hydrogens is 314 g/mol. The predicted octanol–water partition coefficient (Wildman–Crippen LogP) is 1.56. The van der Waals surface area contributed by atoms with E-state index in [2.05, 4.69) is 10.2 Å². The van der Waals surface area contributed by atoms with Gasteiger partial charge in [0.2, 0.25) is 5.91 Å². The van der Waals surface area contributed by atoms with E-state index in [4.69, 9.17) is 0 Å². The molecule has 0 aliphatic carbocycles. The van der Waals surface area contributed by atoms with Crippen molar-refractivity contribution in [3.05, 3.63) is 46.8 Å². The van der Waals surface area contributed by atoms with E-state index < -0.39 is 15.9 Å². The molecule has 1 N–H and O–H groups in total. The number of nitrogens with one attached hydrogen (secondary N) is 1. The van der Waals surface area contributed by atoms with Gasteiger partial charge in [-0.2, -0.15) is 5.10 Å². The molecular formula is C16H19N3O3S. The Morgan fingerprint density at radius 3 is 2.70 bits per heavy atom. The molecule has 1 aromatic carbocycles. The second kappa shape index (κ2) is 5.49. The highest BCUT2D eigenvalue weighted by atomic mass is 32.2. The van der Waals surface area contributed by atoms with E-state index in [1.807, 2.05) is 13.8 Å². The topological polar surface area (TPSA) is 83.1 Å². The molecule has 1 aromatic heterocycles. The molecule has 2 aromatic rings. The SMILES string of the molecule is Cc1n[nH]c(C)c1CC(=O)N(C)C1CS(=O)(=O)c2ccccc21. The van der Waals surface area contributed by atoms with Crippen LogP contribution in [0.15, 0.2) is 29.2 Å². The molecule has 0 spiro atoms. The van der Waals surface area contributed by atoms with Crippen molar-refractivity contribution in [2.45, 2.75) is 31.2 Å². The number of likely N-dealkylation sites (N-methyl/N-ethyl adjacent to an activating group) is 1. The molecule has 1 aliphatic rings. The standard InChI is InChI=1S/C16H19N3O3S/c1-10-13(11(2)18-17-10)8-16(20)19(3)14-9-23(21,22)15-7-5-4-6-12(14)15/h4-7,14H,8-9H2,1-3H3,(H,17,18). The first-order valence-electron chi connectivity index (χ1n) is 7.39. The molecule has 0 radical (unpaired) electrons. The Morgan fingerprint density at radius 2 is 2.04 bits per heavy atom. The van der Waals surface area contributed by atoms with Crippen LogP contribution in [0.1, 0.15) is 28.6 Å². The second-order valence-corrected chi connectivity index (χ2v) is 7.93. The van der Waals surface area contributed by atoms with E-state index in [1.165, 1.54) is 4.90 Å². The largest absolute Gasteiger partial charge is 0.337 e. The third-order valence-electron chi connectivity index (χ3n) is 4.46. The highest BCUT2D eigenvalue weighted by Crippen LogP contribution is 2.36. The highest BCUT2D eigenvalue weighted by Gasteiger charge is 2.38. The zero-order valence-corrected chi connectivity index (χ0v) is 14.1. The van der Waals surface area contributed by atoms with Gasteiger partial charge in [0.15, 0.2) is 9.84 Å². The Balaban J connectivity index is 1.87. The van der Waals surface area contributed by atoms with Crippen LogP contribution in [0.5, 0.6) is 0 Å². The molecule has 1 amide bonds. The number of aromatic amines is 1. The third-order valence-corrected chi connectivity index (χ3v) is 6.26. The minimum Gasteiger partial charge on any atom is -0.337 e. The number of nitrogens with zero attached hydrogens (tertiary/aromatic N) is 2. The summed E-state index contributed by atoms with van der Waals surface area (Å²) in [4.78, 5) is 14.5. The number of fused-ring (bicyclic) bond motifs is 1. The van der Waals surface area contributed by atoms with Crippen LogP contribution < -0.4 is 0 Å². The molecule has 1 aliphatic heterocycles. The lowest BCUT2D eigenvalue weighted by Gasteiger charge is -2.24. The van der Waals surface area contributed by atoms with Crippen molar-refractivity contribution < 1.29 is 13.2 Å². The number of rotatable bonds is 3. The van der Waals surface area contributed by atoms with Gasteiger partial charge in [0.25, 0.3) is 0 Å². The van der Waals surface area contributed by atoms with Crippen molar-refractivity contribution in [1.82, 2.24) is 15.1 Å². The summed E-state index contributed by atoms with van der Waals surface area (Å²) in [6.07, 6.45) is 0.212. The molecule has 0 bridgehead atoms. The van der Waals surface area contributed by atoms with E-state index in [-0.39, 0.29) is 18.1 Å². The maximum absolute atomic E-state index is 12.6. The number of aryl methyl sites for hydroxylation is 2. The fraction of sp³-hybridized carbons (Fsp3) is 0.375. The Labute approximate surface area is 135 Å². The molecule has 0 fully saturated rings. The van der Waals surface area contributed by atoms with Crippen LogP contribution in [-0.4, -0.2) is 42.2 Å². The Bertz CT molecular complexity index is 851. The normalized spacial score (nSPS) is 18.7. The summed E-state index contributed by atoms with van der Waals surface area (Å²) in [7, 11) is -1.66. The Hall–Kier alpha value is -2.15. The fourth-order valence-corrected chi connectivity index (χ4v) is 4.88. The number of hydrogen-bond acceptors (Lipinski definition) is 4. The summed E-state index contributed by atoms with van der Waals surface area (Å²) in [5.74, 6) is -0.174. The first-order valence-corrected chi connectivity index (χ1v) is 9.04. The van der Waals surface area contributed by atoms with Gasteiger partial charge in [-0.25, -0.2) is 8.42 Å². The molecule has 7 heteroatoms. The van der Waals surface area contributed by atoms with E-state index in [0.717, 1.165) is 17.0 Å². The highest BCUT2D eigenvalue weighted by molar-refractivity contribution is 7.91. The molecule has 0 saturated heterocycles. The number of H-pyrrole nitrogens is 1. The molecule has 0 saturated carbocycles. The van der Waals surface area contributed by atoms with Gasteiger partial charge in [-0.3, -0.25) is 9.89 Å². The van der Waals surface area contributed by atoms with Crippen LogP contribution in [0.4, 0.5) is 0 Å². The maximum Gasteiger partial charge on any atom is 0.227 e. The van der Waals surface area contributed by atoms with Crippen molar-refractivity contribution >= 4 is 15.7 Å². The van der Waals surface area contributed by atoms with Crippen LogP contribution in [0.25, 0.3) is 0 Å². The number of hydrogen-bond donors (Lipinski definition) is 1. The molecule has 1 unspecified atom stereocenters. The van der Waals surface area contributed by atoms with Crippen molar-refractivity contribution in [3.63, 3.8) is 0 Å². The van der Waals surface area contributed by atoms with Crippen LogP contribution in [0.3, 0.4) is 0 Å². The van der Waals surface area contributed by atoms with Gasteiger partial charge in [0, 0.05) is 18.3 Å². The lowest BCUT2D eigenvalue weighted by molar-refractivity contribution is -0.131. The Kier molecular flexibility index (Phi) is 3.75. The van der Waals surface area contributed by atoms with E-state index in [1.54, 1.807) is 31.3 Å². The lowest BCUT2D eigenvalue weighted by Crippen LogP contribution is -2.33. The molecule has 6 nitrogen and oxygen atoms in total. The summed E-state index contributed by atoms with van der Waals surface area (Å²) in [5.41, 5.74) is 3.23. The third kappa shape index (κ3) is 2.65. The number of aromatic nitrogens is 2. The van der Waals surface area contributed by atoms with Gasteiger partial charge in [-0.1, -0.05) is 18.2 Å². The predicted molar refractivity (Wildman–Crippen MR) is 85.8 cm³/mol. The van der Waals surface area contributed by atoms with Crippen molar-refractivity contribution in [2.75, 3.05) is 12.8 Å². The summed E-state index contributed by atoms with van der Waals surface area (Å²) < 4.78 is 24.5. The minimum atomic E-state index is -3.32. The fourth-order valence-electron chi connectivity index (χ4n) is 3.03. The molecule has 1 atom stereocenters. The van der Waals surface area contributed by atoms with Crippen molar-refractivity contribution in [3.8, 4) is 0 Å². The summed E-state index contributed by atoms with van der Waals surface area (Å²) in [5, 5.41) is 6.96. The second-order valence-electron chi connectivity index (χ2n) is 5.93. The zero-order valence-electron chi connectivity index (χ0n) is 13.3. The molecule has 2 heterocycles. The summed E-state index contributed by atoms with van der Waals surface area (Å²) >= 11 is 0. The van der Waals surface area contributed by atoms with Gasteiger partial charge in [-0.15, -0.1) is 0 Å². The van der Waals surface area contributed by atoms with Gasteiger partial charge in [0.05, 0.1) is 28.8 Å². The number of sulfone groups is 1. The summed E-state index contributed by atoms with van der Waals surface area (Å²) in [6.45, 7) is 3.72. The molecule has 122 valence electrons. The van der Waals surface area contributed by atoms with Gasteiger partial charge in [-0.05, 0) is 25.5 Å². The minimum absolute atomic E-state index is 0.0576. The molecule has 23 heavy (non-hydrogen) atoms. The van der Waals surface area contributed by atoms with Crippen molar-refractivity contribution in [1.29, 1.82) is 0 Å². The summed E-state index contributed by atoms with van der Waals surface area (Å²) in [6, 6.07) is 6.46. The average molecular weight is 333 g/mol.